The molecule has 0 spiro atoms. The summed E-state index contributed by atoms with van der Waals surface area (Å²) < 4.78 is 0. The van der Waals surface area contributed by atoms with E-state index in [4.69, 9.17) is 0 Å². The van der Waals surface area contributed by atoms with Crippen molar-refractivity contribution in [1.29, 1.82) is 0 Å². The quantitative estimate of drug-likeness (QED) is 0.351. The molecule has 0 aromatic carbocycles. The van der Waals surface area contributed by atoms with E-state index in [1.807, 2.05) is 0 Å². The Hall–Kier alpha value is 0.636. The zero-order chi connectivity index (χ0) is 15.4. The van der Waals surface area contributed by atoms with E-state index >= 15 is 0 Å². The Morgan fingerprint density at radius 3 is 1.24 bits per heavy atom. The predicted molar refractivity (Wildman–Crippen MR) is 104 cm³/mol. The van der Waals surface area contributed by atoms with Gasteiger partial charge in [0.15, 0.2) is 0 Å². The molecule has 0 aliphatic rings. The van der Waals surface area contributed by atoms with Crippen LogP contribution >= 0.6 is 0 Å². The third-order valence-corrected chi connectivity index (χ3v) is 4.76. The molecule has 0 aromatic rings. The molecule has 0 saturated heterocycles. The second kappa shape index (κ2) is 15.5. The van der Waals surface area contributed by atoms with Crippen LogP contribution in [-0.2, 0) is 0 Å². The average molecular weight is 354 g/mol. The van der Waals surface area contributed by atoms with Gasteiger partial charge in [0.25, 0.3) is 0 Å². The van der Waals surface area contributed by atoms with Gasteiger partial charge in [0, 0.05) is 0 Å². The van der Waals surface area contributed by atoms with E-state index in [-0.39, 0.29) is 19.8 Å². The molecule has 0 fully saturated rings. The van der Waals surface area contributed by atoms with Gasteiger partial charge < -0.3 is 0 Å². The molecule has 127 valence electrons. The van der Waals surface area contributed by atoms with Crippen molar-refractivity contribution in [3.8, 4) is 0 Å². The third kappa shape index (κ3) is 16.8. The van der Waals surface area contributed by atoms with Gasteiger partial charge in [-0.1, -0.05) is 106 Å². The van der Waals surface area contributed by atoms with Crippen LogP contribution in [0.15, 0.2) is 0 Å². The van der Waals surface area contributed by atoms with Crippen LogP contribution in [0.2, 0.25) is 0 Å². The minimum absolute atomic E-state index is 0. The molecule has 0 aliphatic carbocycles. The van der Waals surface area contributed by atoms with Crippen LogP contribution < -0.4 is 0 Å². The Bertz CT molecular complexity index is 200. The molecule has 3 atom stereocenters. The van der Waals surface area contributed by atoms with E-state index in [9.17, 15) is 0 Å². The van der Waals surface area contributed by atoms with Gasteiger partial charge in [0.2, 0.25) is 0 Å². The van der Waals surface area contributed by atoms with Gasteiger partial charge >= 0.3 is 19.8 Å². The summed E-state index contributed by atoms with van der Waals surface area (Å²) in [5.74, 6) is 3.56. The number of rotatable bonds is 13. The second-order valence-corrected chi connectivity index (χ2v) is 7.79. The van der Waals surface area contributed by atoms with E-state index in [1.165, 1.54) is 57.8 Å². The normalized spacial score (nSPS) is 15.6. The molecule has 0 nitrogen and oxygen atoms in total. The van der Waals surface area contributed by atoms with Crippen LogP contribution in [0, 0.1) is 30.6 Å². The summed E-state index contributed by atoms with van der Waals surface area (Å²) in [7, 11) is 0. The van der Waals surface area contributed by atoms with E-state index in [0.29, 0.717) is 0 Å². The molecule has 0 bridgehead atoms. The minimum atomic E-state index is 0. The summed E-state index contributed by atoms with van der Waals surface area (Å²) in [6.45, 7) is 15.9. The first-order valence-electron chi connectivity index (χ1n) is 9.24. The molecule has 0 aliphatic heterocycles. The van der Waals surface area contributed by atoms with Crippen molar-refractivity contribution in [2.75, 3.05) is 0 Å². The fourth-order valence-electron chi connectivity index (χ4n) is 2.94. The van der Waals surface area contributed by atoms with Gasteiger partial charge in [0.1, 0.15) is 0 Å². The topological polar surface area (TPSA) is 0 Å². The molecule has 0 saturated carbocycles. The molecular formula is C20H44Ga. The van der Waals surface area contributed by atoms with Crippen LogP contribution in [-0.4, -0.2) is 19.8 Å². The van der Waals surface area contributed by atoms with Crippen LogP contribution in [0.4, 0.5) is 0 Å². The molecule has 0 heterocycles. The van der Waals surface area contributed by atoms with Crippen molar-refractivity contribution >= 4 is 19.8 Å². The van der Waals surface area contributed by atoms with Gasteiger partial charge in [-0.3, -0.25) is 0 Å². The summed E-state index contributed by atoms with van der Waals surface area (Å²) in [5.41, 5.74) is 0. The Kier molecular flexibility index (Phi) is 17.7. The molecule has 3 unspecified atom stereocenters. The summed E-state index contributed by atoms with van der Waals surface area (Å²) in [6.07, 6.45) is 13.9. The Labute approximate surface area is 149 Å². The third-order valence-electron chi connectivity index (χ3n) is 4.76. The van der Waals surface area contributed by atoms with E-state index in [1.54, 1.807) is 0 Å². The summed E-state index contributed by atoms with van der Waals surface area (Å²) in [6, 6.07) is 0. The molecule has 0 N–H and O–H groups in total. The molecule has 0 amide bonds. The van der Waals surface area contributed by atoms with Gasteiger partial charge in [-0.2, -0.15) is 0 Å². The zero-order valence-electron chi connectivity index (χ0n) is 15.1. The van der Waals surface area contributed by atoms with E-state index < -0.39 is 0 Å². The first-order valence-corrected chi connectivity index (χ1v) is 9.24. The van der Waals surface area contributed by atoms with E-state index in [0.717, 1.165) is 30.1 Å². The van der Waals surface area contributed by atoms with Gasteiger partial charge in [0.05, 0.1) is 0 Å². The fourth-order valence-corrected chi connectivity index (χ4v) is 2.94. The van der Waals surface area contributed by atoms with Crippen molar-refractivity contribution in [2.45, 2.75) is 98.8 Å². The monoisotopic (exact) mass is 353 g/mol. The Morgan fingerprint density at radius 2 is 0.905 bits per heavy atom. The van der Waals surface area contributed by atoms with Crippen molar-refractivity contribution in [3.63, 3.8) is 0 Å². The standard InChI is InChI=1S/C20H41.Ga.3H/c1-7-18(4)12-9-14-20(6)16-10-15-19(5)13-8-11-17(2)3;;;;/h17-20H,1,7-16H2,2-6H3;;;;. The second-order valence-electron chi connectivity index (χ2n) is 7.79. The maximum atomic E-state index is 3.99. The van der Waals surface area contributed by atoms with Crippen LogP contribution in [0.25, 0.3) is 0 Å². The molecule has 0 rings (SSSR count). The van der Waals surface area contributed by atoms with Gasteiger partial charge in [-0.05, 0) is 23.7 Å². The van der Waals surface area contributed by atoms with Gasteiger partial charge in [-0.25, -0.2) is 0 Å². The maximum absolute atomic E-state index is 3.99. The average Bonchev–Trinajstić information content (AvgIpc) is 2.38. The molecular weight excluding hydrogens is 310 g/mol. The van der Waals surface area contributed by atoms with Gasteiger partial charge in [-0.15, -0.1) is 0 Å². The summed E-state index contributed by atoms with van der Waals surface area (Å²) >= 11 is 0. The Morgan fingerprint density at radius 1 is 0.571 bits per heavy atom. The van der Waals surface area contributed by atoms with Crippen LogP contribution in [0.5, 0.6) is 0 Å². The zero-order valence-corrected chi connectivity index (χ0v) is 15.1. The van der Waals surface area contributed by atoms with Crippen molar-refractivity contribution in [2.24, 2.45) is 23.7 Å². The molecule has 21 heavy (non-hydrogen) atoms. The van der Waals surface area contributed by atoms with E-state index in [2.05, 4.69) is 41.5 Å². The van der Waals surface area contributed by atoms with Crippen LogP contribution in [0.3, 0.4) is 0 Å². The van der Waals surface area contributed by atoms with Crippen molar-refractivity contribution < 1.29 is 0 Å². The summed E-state index contributed by atoms with van der Waals surface area (Å²) in [4.78, 5) is 0. The molecule has 1 heteroatoms. The first kappa shape index (κ1) is 23.9. The summed E-state index contributed by atoms with van der Waals surface area (Å²) in [5, 5.41) is 0. The van der Waals surface area contributed by atoms with Crippen molar-refractivity contribution in [3.05, 3.63) is 6.92 Å². The predicted octanol–water partition coefficient (Wildman–Crippen LogP) is 6.10. The number of hydrogen-bond acceptors (Lipinski definition) is 0. The molecule has 0 aromatic heterocycles. The van der Waals surface area contributed by atoms with Crippen molar-refractivity contribution in [1.82, 2.24) is 0 Å². The first-order chi connectivity index (χ1) is 9.45. The molecule has 1 radical (unpaired) electrons. The SMILES string of the molecule is [CH2]CC(C)CCCC(C)CCCC(C)CCCC(C)C.[GaH3]. The fraction of sp³-hybridized carbons (Fsp3) is 0.950. The Balaban J connectivity index is 0. The van der Waals surface area contributed by atoms with Crippen LogP contribution in [0.1, 0.15) is 98.8 Å². The number of hydrogen-bond donors (Lipinski definition) is 0.